The minimum absolute atomic E-state index is 0.0518. The van der Waals surface area contributed by atoms with Crippen LogP contribution in [0.2, 0.25) is 0 Å². The highest BCUT2D eigenvalue weighted by Crippen LogP contribution is 2.33. The summed E-state index contributed by atoms with van der Waals surface area (Å²) in [6.45, 7) is 3.66. The first-order valence-corrected chi connectivity index (χ1v) is 17.4. The van der Waals surface area contributed by atoms with Crippen molar-refractivity contribution >= 4 is 11.9 Å². The second-order valence-corrected chi connectivity index (χ2v) is 12.7. The summed E-state index contributed by atoms with van der Waals surface area (Å²) < 4.78 is 49.9. The molecule has 0 spiro atoms. The number of hydrogen-bond acceptors (Lipinski definition) is 11. The zero-order valence-corrected chi connectivity index (χ0v) is 29.1. The maximum atomic E-state index is 13.3. The smallest absolute Gasteiger partial charge is 0.338 e. The third-order valence-corrected chi connectivity index (χ3v) is 8.85. The van der Waals surface area contributed by atoms with E-state index < -0.39 is 67.2 Å². The molecule has 2 aliphatic rings. The zero-order chi connectivity index (χ0) is 36.3. The molecule has 4 aromatic rings. The van der Waals surface area contributed by atoms with Gasteiger partial charge >= 0.3 is 11.9 Å². The van der Waals surface area contributed by atoms with E-state index in [1.54, 1.807) is 37.3 Å². The van der Waals surface area contributed by atoms with Gasteiger partial charge in [0.25, 0.3) is 0 Å². The Balaban J connectivity index is 1.32. The average molecular weight is 713 g/mol. The molecule has 11 heteroatoms. The molecule has 5 unspecified atom stereocenters. The Morgan fingerprint density at radius 3 is 1.67 bits per heavy atom. The fraction of sp³-hybridized carbons (Fsp3) is 0.366. The Kier molecular flexibility index (Phi) is 13.2. The van der Waals surface area contributed by atoms with E-state index >= 15 is 0 Å². The lowest BCUT2D eigenvalue weighted by Gasteiger charge is -2.47. The predicted molar refractivity (Wildman–Crippen MR) is 187 cm³/mol. The maximum Gasteiger partial charge on any atom is 0.338 e. The minimum Gasteiger partial charge on any atom is -0.457 e. The maximum absolute atomic E-state index is 13.3. The van der Waals surface area contributed by atoms with Crippen LogP contribution in [0.3, 0.4) is 0 Å². The number of hydrogen-bond donors (Lipinski definition) is 1. The van der Waals surface area contributed by atoms with E-state index in [-0.39, 0.29) is 25.4 Å². The SMILES string of the molecule is CC(=O)O[C@H]1C(C)O[C@@H](O)C(OC(=O)c2ccccc2)C1O[C@@H]1OC[C@H](OCc2ccccc2)C(OCc2ccccc2)C1OCc1ccccc1. The normalized spacial score (nSPS) is 27.4. The van der Waals surface area contributed by atoms with E-state index in [2.05, 4.69) is 0 Å². The second kappa shape index (κ2) is 18.3. The van der Waals surface area contributed by atoms with Crippen molar-refractivity contribution in [1.29, 1.82) is 0 Å². The number of esters is 2. The van der Waals surface area contributed by atoms with Gasteiger partial charge < -0.3 is 43.0 Å². The number of aliphatic hydroxyl groups excluding tert-OH is 1. The Morgan fingerprint density at radius 2 is 1.13 bits per heavy atom. The van der Waals surface area contributed by atoms with Gasteiger partial charge in [-0.2, -0.15) is 0 Å². The van der Waals surface area contributed by atoms with Gasteiger partial charge in [0, 0.05) is 6.92 Å². The summed E-state index contributed by atoms with van der Waals surface area (Å²) >= 11 is 0. The van der Waals surface area contributed by atoms with Crippen molar-refractivity contribution < 1.29 is 52.6 Å². The average Bonchev–Trinajstić information content (AvgIpc) is 3.17. The van der Waals surface area contributed by atoms with Crippen molar-refractivity contribution in [2.24, 2.45) is 0 Å². The number of carbonyl (C=O) groups is 2. The zero-order valence-electron chi connectivity index (χ0n) is 29.1. The number of rotatable bonds is 14. The second-order valence-electron chi connectivity index (χ2n) is 12.7. The molecule has 0 saturated carbocycles. The van der Waals surface area contributed by atoms with Gasteiger partial charge in [-0.05, 0) is 35.7 Å². The van der Waals surface area contributed by atoms with Gasteiger partial charge in [0.05, 0.1) is 38.1 Å². The highest BCUT2D eigenvalue weighted by molar-refractivity contribution is 5.89. The summed E-state index contributed by atoms with van der Waals surface area (Å²) in [6, 6.07) is 37.5. The highest BCUT2D eigenvalue weighted by Gasteiger charge is 2.53. The van der Waals surface area contributed by atoms with Crippen LogP contribution in [0.25, 0.3) is 0 Å². The van der Waals surface area contributed by atoms with Crippen LogP contribution in [0.5, 0.6) is 0 Å². The molecule has 1 N–H and O–H groups in total. The molecule has 2 aliphatic heterocycles. The van der Waals surface area contributed by atoms with Gasteiger partial charge in [-0.1, -0.05) is 109 Å². The molecule has 0 aromatic heterocycles. The largest absolute Gasteiger partial charge is 0.457 e. The van der Waals surface area contributed by atoms with Gasteiger partial charge in [0.15, 0.2) is 24.8 Å². The van der Waals surface area contributed by atoms with Crippen molar-refractivity contribution in [3.8, 4) is 0 Å². The van der Waals surface area contributed by atoms with Gasteiger partial charge in [-0.15, -0.1) is 0 Å². The van der Waals surface area contributed by atoms with E-state index in [9.17, 15) is 14.7 Å². The van der Waals surface area contributed by atoms with Crippen LogP contribution in [0.15, 0.2) is 121 Å². The van der Waals surface area contributed by atoms with E-state index in [0.29, 0.717) is 6.61 Å². The fourth-order valence-corrected chi connectivity index (χ4v) is 6.24. The fourth-order valence-electron chi connectivity index (χ4n) is 6.24. The van der Waals surface area contributed by atoms with Gasteiger partial charge in [0.1, 0.15) is 24.4 Å². The monoisotopic (exact) mass is 712 g/mol. The lowest BCUT2D eigenvalue weighted by molar-refractivity contribution is -0.350. The summed E-state index contributed by atoms with van der Waals surface area (Å²) in [5.74, 6) is -1.34. The first kappa shape index (κ1) is 37.3. The number of carbonyl (C=O) groups excluding carboxylic acids is 2. The van der Waals surface area contributed by atoms with Gasteiger partial charge in [-0.3, -0.25) is 4.79 Å². The molecule has 4 aromatic carbocycles. The summed E-state index contributed by atoms with van der Waals surface area (Å²) in [5.41, 5.74) is 3.07. The molecule has 0 amide bonds. The van der Waals surface area contributed by atoms with Crippen molar-refractivity contribution in [2.75, 3.05) is 6.61 Å². The standard InChI is InChI=1S/C41H44O11/c1-27-34(50-28(2)42)36(37(40(44)49-27)51-39(43)32-21-13-6-14-22-32)52-41-38(47-25-31-19-11-5-12-20-31)35(46-24-30-17-9-4-10-18-30)33(26-48-41)45-23-29-15-7-3-8-16-29/h3-22,27,33-38,40-41,44H,23-26H2,1-2H3/t27?,33-,34-,35?,36?,37?,38?,40+,41-/m0/s1. The van der Waals surface area contributed by atoms with Crippen molar-refractivity contribution in [2.45, 2.75) is 89.0 Å². The molecule has 0 radical (unpaired) electrons. The number of ether oxygens (including phenoxy) is 8. The van der Waals surface area contributed by atoms with Gasteiger partial charge in [-0.25, -0.2) is 4.79 Å². The third kappa shape index (κ3) is 9.90. The molecule has 2 heterocycles. The highest BCUT2D eigenvalue weighted by atomic mass is 16.7. The lowest BCUT2D eigenvalue weighted by atomic mass is 9.98. The third-order valence-electron chi connectivity index (χ3n) is 8.85. The Labute approximate surface area is 303 Å². The molecular weight excluding hydrogens is 668 g/mol. The van der Waals surface area contributed by atoms with Crippen LogP contribution in [-0.2, 0) is 62.5 Å². The number of aliphatic hydroxyl groups is 1. The lowest BCUT2D eigenvalue weighted by Crippen LogP contribution is -2.64. The first-order valence-electron chi connectivity index (χ1n) is 17.4. The van der Waals surface area contributed by atoms with E-state index in [1.165, 1.54) is 6.92 Å². The Hall–Kier alpha value is -4.46. The van der Waals surface area contributed by atoms with Gasteiger partial charge in [0.2, 0.25) is 0 Å². The quantitative estimate of drug-likeness (QED) is 0.169. The van der Waals surface area contributed by atoms with Crippen molar-refractivity contribution in [3.63, 3.8) is 0 Å². The molecule has 0 bridgehead atoms. The van der Waals surface area contributed by atoms with E-state index in [0.717, 1.165) is 16.7 Å². The summed E-state index contributed by atoms with van der Waals surface area (Å²) in [4.78, 5) is 25.6. The minimum atomic E-state index is -1.61. The van der Waals surface area contributed by atoms with Crippen LogP contribution in [-0.4, -0.2) is 79.0 Å². The molecule has 274 valence electrons. The van der Waals surface area contributed by atoms with Crippen LogP contribution < -0.4 is 0 Å². The molecule has 6 rings (SSSR count). The Morgan fingerprint density at radius 1 is 0.635 bits per heavy atom. The molecule has 2 saturated heterocycles. The predicted octanol–water partition coefficient (Wildman–Crippen LogP) is 5.38. The number of benzene rings is 4. The van der Waals surface area contributed by atoms with Crippen LogP contribution in [0, 0.1) is 0 Å². The van der Waals surface area contributed by atoms with E-state index in [4.69, 9.17) is 37.9 Å². The van der Waals surface area contributed by atoms with Crippen LogP contribution in [0.4, 0.5) is 0 Å². The summed E-state index contributed by atoms with van der Waals surface area (Å²) in [7, 11) is 0. The summed E-state index contributed by atoms with van der Waals surface area (Å²) in [5, 5.41) is 11.2. The summed E-state index contributed by atoms with van der Waals surface area (Å²) in [6.07, 6.45) is -9.55. The van der Waals surface area contributed by atoms with Crippen LogP contribution >= 0.6 is 0 Å². The Bertz CT molecular complexity index is 1670. The van der Waals surface area contributed by atoms with Crippen molar-refractivity contribution in [3.05, 3.63) is 144 Å². The first-order chi connectivity index (χ1) is 25.4. The molecule has 11 nitrogen and oxygen atoms in total. The van der Waals surface area contributed by atoms with E-state index in [1.807, 2.05) is 91.0 Å². The molecular formula is C41H44O11. The van der Waals surface area contributed by atoms with Crippen molar-refractivity contribution in [1.82, 2.24) is 0 Å². The molecule has 2 fully saturated rings. The topological polar surface area (TPSA) is 128 Å². The molecule has 52 heavy (non-hydrogen) atoms. The molecule has 9 atom stereocenters. The van der Waals surface area contributed by atoms with Crippen LogP contribution in [0.1, 0.15) is 40.9 Å². The molecule has 0 aliphatic carbocycles.